The summed E-state index contributed by atoms with van der Waals surface area (Å²) in [6.45, 7) is 3.72. The number of nitrogens with zero attached hydrogens (tertiary/aromatic N) is 4. The number of aromatic nitrogens is 4. The number of amides is 1. The van der Waals surface area contributed by atoms with E-state index in [4.69, 9.17) is 0 Å². The second kappa shape index (κ2) is 7.65. The maximum atomic E-state index is 12.6. The zero-order chi connectivity index (χ0) is 17.7. The van der Waals surface area contributed by atoms with Crippen molar-refractivity contribution in [3.8, 4) is 0 Å². The molecule has 2 aromatic heterocycles. The Balaban J connectivity index is 1.78. The van der Waals surface area contributed by atoms with Gasteiger partial charge < -0.3 is 5.32 Å². The number of hydrogen-bond donors (Lipinski definition) is 1. The molecule has 0 saturated carbocycles. The van der Waals surface area contributed by atoms with Crippen molar-refractivity contribution in [1.82, 2.24) is 25.1 Å². The first-order chi connectivity index (χ1) is 11.3. The van der Waals surface area contributed by atoms with Gasteiger partial charge >= 0.3 is 6.18 Å². The van der Waals surface area contributed by atoms with Gasteiger partial charge in [0.1, 0.15) is 0 Å². The predicted octanol–water partition coefficient (Wildman–Crippen LogP) is 2.22. The van der Waals surface area contributed by atoms with Gasteiger partial charge in [0.2, 0.25) is 5.91 Å². The molecule has 0 atom stereocenters. The summed E-state index contributed by atoms with van der Waals surface area (Å²) in [5.41, 5.74) is 0.264. The molecule has 0 aromatic carbocycles. The van der Waals surface area contributed by atoms with Crippen LogP contribution in [0.3, 0.4) is 0 Å². The van der Waals surface area contributed by atoms with E-state index in [0.29, 0.717) is 10.9 Å². The van der Waals surface area contributed by atoms with E-state index in [-0.39, 0.29) is 24.7 Å². The van der Waals surface area contributed by atoms with Gasteiger partial charge in [-0.15, -0.1) is 0 Å². The third-order valence-electron chi connectivity index (χ3n) is 3.02. The number of halogens is 3. The number of rotatable bonds is 6. The van der Waals surface area contributed by atoms with Crippen LogP contribution in [0.1, 0.15) is 17.1 Å². The second-order valence-electron chi connectivity index (χ2n) is 5.01. The van der Waals surface area contributed by atoms with Gasteiger partial charge in [-0.1, -0.05) is 11.8 Å². The average molecular weight is 359 g/mol. The van der Waals surface area contributed by atoms with Gasteiger partial charge in [0.25, 0.3) is 0 Å². The normalized spacial score (nSPS) is 11.5. The minimum Gasteiger partial charge on any atom is -0.354 e. The fourth-order valence-electron chi connectivity index (χ4n) is 1.85. The Hall–Kier alpha value is -2.10. The summed E-state index contributed by atoms with van der Waals surface area (Å²) < 4.78 is 38.9. The van der Waals surface area contributed by atoms with Crippen LogP contribution in [0.2, 0.25) is 0 Å². The largest absolute Gasteiger partial charge is 0.435 e. The molecule has 0 aliphatic heterocycles. The van der Waals surface area contributed by atoms with Crippen molar-refractivity contribution in [2.75, 3.05) is 12.3 Å². The highest BCUT2D eigenvalue weighted by molar-refractivity contribution is 7.99. The lowest BCUT2D eigenvalue weighted by Crippen LogP contribution is -2.29. The van der Waals surface area contributed by atoms with Crippen LogP contribution in [0.15, 0.2) is 23.5 Å². The number of thioether (sulfide) groups is 1. The molecule has 0 saturated heterocycles. The molecule has 10 heteroatoms. The van der Waals surface area contributed by atoms with Gasteiger partial charge in [-0.05, 0) is 26.0 Å². The molecule has 0 radical (unpaired) electrons. The standard InChI is InChI=1S/C14H16F3N5OS/c1-9-3-4-19-13(20-9)24-8-12(23)18-5-6-22-10(2)7-11(21-22)14(15,16)17/h3-4,7H,5-6,8H2,1-2H3,(H,18,23). The summed E-state index contributed by atoms with van der Waals surface area (Å²) in [7, 11) is 0. The Bertz CT molecular complexity index is 717. The van der Waals surface area contributed by atoms with Crippen LogP contribution in [0.25, 0.3) is 0 Å². The van der Waals surface area contributed by atoms with Crippen molar-refractivity contribution in [2.45, 2.75) is 31.7 Å². The third kappa shape index (κ3) is 5.22. The highest BCUT2D eigenvalue weighted by Gasteiger charge is 2.34. The van der Waals surface area contributed by atoms with Crippen LogP contribution in [0.5, 0.6) is 0 Å². The third-order valence-corrected chi connectivity index (χ3v) is 3.88. The smallest absolute Gasteiger partial charge is 0.354 e. The van der Waals surface area contributed by atoms with E-state index in [9.17, 15) is 18.0 Å². The average Bonchev–Trinajstić information content (AvgIpc) is 2.87. The zero-order valence-electron chi connectivity index (χ0n) is 13.1. The van der Waals surface area contributed by atoms with Gasteiger partial charge in [-0.25, -0.2) is 9.97 Å². The molecule has 2 heterocycles. The first-order valence-corrected chi connectivity index (χ1v) is 8.05. The van der Waals surface area contributed by atoms with Crippen LogP contribution in [0.4, 0.5) is 13.2 Å². The molecule has 2 rings (SSSR count). The minimum absolute atomic E-state index is 0.134. The summed E-state index contributed by atoms with van der Waals surface area (Å²) in [5.74, 6) is -0.110. The lowest BCUT2D eigenvalue weighted by Gasteiger charge is -2.07. The minimum atomic E-state index is -4.47. The molecule has 6 nitrogen and oxygen atoms in total. The quantitative estimate of drug-likeness (QED) is 0.632. The van der Waals surface area contributed by atoms with Gasteiger partial charge in [0, 0.05) is 24.1 Å². The lowest BCUT2D eigenvalue weighted by molar-refractivity contribution is -0.141. The molecule has 2 aromatic rings. The van der Waals surface area contributed by atoms with E-state index < -0.39 is 11.9 Å². The topological polar surface area (TPSA) is 72.7 Å². The molecule has 0 bridgehead atoms. The summed E-state index contributed by atoms with van der Waals surface area (Å²) in [4.78, 5) is 19.9. The highest BCUT2D eigenvalue weighted by atomic mass is 32.2. The second-order valence-corrected chi connectivity index (χ2v) is 5.95. The van der Waals surface area contributed by atoms with Crippen LogP contribution < -0.4 is 5.32 Å². The van der Waals surface area contributed by atoms with Gasteiger partial charge in [0.05, 0.1) is 12.3 Å². The van der Waals surface area contributed by atoms with Crippen molar-refractivity contribution in [2.24, 2.45) is 0 Å². The summed E-state index contributed by atoms with van der Waals surface area (Å²) in [6.07, 6.45) is -2.86. The molecule has 1 amide bonds. The Morgan fingerprint density at radius 2 is 2.12 bits per heavy atom. The van der Waals surface area contributed by atoms with Crippen molar-refractivity contribution >= 4 is 17.7 Å². The van der Waals surface area contributed by atoms with Crippen molar-refractivity contribution in [3.05, 3.63) is 35.4 Å². The number of carbonyl (C=O) groups is 1. The number of nitrogens with one attached hydrogen (secondary N) is 1. The molecule has 0 unspecified atom stereocenters. The Morgan fingerprint density at radius 3 is 2.75 bits per heavy atom. The van der Waals surface area contributed by atoms with E-state index in [1.54, 1.807) is 12.3 Å². The number of hydrogen-bond acceptors (Lipinski definition) is 5. The molecular weight excluding hydrogens is 343 g/mol. The van der Waals surface area contributed by atoms with Crippen LogP contribution >= 0.6 is 11.8 Å². The Labute approximate surface area is 140 Å². The fraction of sp³-hybridized carbons (Fsp3) is 0.429. The van der Waals surface area contributed by atoms with E-state index in [0.717, 1.165) is 11.8 Å². The van der Waals surface area contributed by atoms with Gasteiger partial charge in [-0.3, -0.25) is 9.48 Å². The Kier molecular flexibility index (Phi) is 5.81. The summed E-state index contributed by atoms with van der Waals surface area (Å²) >= 11 is 1.19. The maximum Gasteiger partial charge on any atom is 0.435 e. The molecule has 1 N–H and O–H groups in total. The van der Waals surface area contributed by atoms with Gasteiger partial charge in [-0.2, -0.15) is 18.3 Å². The van der Waals surface area contributed by atoms with Crippen LogP contribution in [0, 0.1) is 13.8 Å². The molecule has 0 fully saturated rings. The number of alkyl halides is 3. The first kappa shape index (κ1) is 18.2. The molecular formula is C14H16F3N5OS. The van der Waals surface area contributed by atoms with E-state index in [1.807, 2.05) is 6.92 Å². The molecule has 24 heavy (non-hydrogen) atoms. The van der Waals surface area contributed by atoms with Crippen LogP contribution in [-0.2, 0) is 17.5 Å². The highest BCUT2D eigenvalue weighted by Crippen LogP contribution is 2.28. The summed E-state index contributed by atoms with van der Waals surface area (Å²) in [5, 5.41) is 6.63. The lowest BCUT2D eigenvalue weighted by atomic mass is 10.3. The maximum absolute atomic E-state index is 12.6. The number of aryl methyl sites for hydroxylation is 2. The van der Waals surface area contributed by atoms with Crippen LogP contribution in [-0.4, -0.2) is 38.0 Å². The molecule has 0 aliphatic carbocycles. The molecule has 0 aliphatic rings. The molecule has 130 valence electrons. The monoisotopic (exact) mass is 359 g/mol. The van der Waals surface area contributed by atoms with E-state index in [2.05, 4.69) is 20.4 Å². The molecule has 0 spiro atoms. The van der Waals surface area contributed by atoms with Crippen molar-refractivity contribution in [3.63, 3.8) is 0 Å². The zero-order valence-corrected chi connectivity index (χ0v) is 13.9. The van der Waals surface area contributed by atoms with Crippen molar-refractivity contribution < 1.29 is 18.0 Å². The predicted molar refractivity (Wildman–Crippen MR) is 82.5 cm³/mol. The van der Waals surface area contributed by atoms with E-state index in [1.165, 1.54) is 23.4 Å². The Morgan fingerprint density at radius 1 is 1.38 bits per heavy atom. The van der Waals surface area contributed by atoms with Crippen molar-refractivity contribution in [1.29, 1.82) is 0 Å². The first-order valence-electron chi connectivity index (χ1n) is 7.06. The fourth-order valence-corrected chi connectivity index (χ4v) is 2.56. The summed E-state index contributed by atoms with van der Waals surface area (Å²) in [6, 6.07) is 2.73. The van der Waals surface area contributed by atoms with Gasteiger partial charge in [0.15, 0.2) is 10.9 Å². The number of carbonyl (C=O) groups excluding carboxylic acids is 1. The SMILES string of the molecule is Cc1ccnc(SCC(=O)NCCn2nc(C(F)(F)F)cc2C)n1. The van der Waals surface area contributed by atoms with E-state index >= 15 is 0 Å².